The van der Waals surface area contributed by atoms with Gasteiger partial charge in [-0.15, -0.1) is 0 Å². The number of aromatic carboxylic acids is 1. The average molecular weight is 293 g/mol. The highest BCUT2D eigenvalue weighted by molar-refractivity contribution is 7.91. The minimum absolute atomic E-state index is 0.0226. The molecule has 5 nitrogen and oxygen atoms in total. The number of carboxylic acid groups (broad SMARTS) is 1. The first-order valence-corrected chi connectivity index (χ1v) is 7.20. The monoisotopic (exact) mass is 292 g/mol. The van der Waals surface area contributed by atoms with Crippen molar-refractivity contribution in [3.8, 4) is 0 Å². The first-order chi connectivity index (χ1) is 8.24. The van der Waals surface area contributed by atoms with Crippen LogP contribution in [0.2, 0.25) is 5.02 Å². The predicted octanol–water partition coefficient (Wildman–Crippen LogP) is 1.58. The molecule has 1 atom stereocenters. The van der Waals surface area contributed by atoms with Crippen molar-refractivity contribution in [1.82, 2.24) is 0 Å². The highest BCUT2D eigenvalue weighted by Crippen LogP contribution is 2.24. The van der Waals surface area contributed by atoms with Gasteiger partial charge < -0.3 is 10.2 Å². The Kier molecular flexibility index (Phi) is 4.72. The van der Waals surface area contributed by atoms with E-state index in [1.807, 2.05) is 0 Å². The highest BCUT2D eigenvalue weighted by Gasteiger charge is 2.20. The summed E-state index contributed by atoms with van der Waals surface area (Å²) in [6, 6.07) is 3.50. The first-order valence-electron chi connectivity index (χ1n) is 5.17. The van der Waals surface area contributed by atoms with Gasteiger partial charge in [0.15, 0.2) is 9.84 Å². The van der Waals surface area contributed by atoms with Crippen molar-refractivity contribution in [2.24, 2.45) is 0 Å². The lowest BCUT2D eigenvalue weighted by Crippen LogP contribution is -2.13. The van der Waals surface area contributed by atoms with Gasteiger partial charge in [-0.2, -0.15) is 0 Å². The van der Waals surface area contributed by atoms with Crippen molar-refractivity contribution in [1.29, 1.82) is 0 Å². The van der Waals surface area contributed by atoms with Crippen molar-refractivity contribution in [3.05, 3.63) is 28.8 Å². The number of rotatable bonds is 5. The van der Waals surface area contributed by atoms with E-state index in [-0.39, 0.29) is 27.7 Å². The molecule has 0 radical (unpaired) electrons. The van der Waals surface area contributed by atoms with Gasteiger partial charge in [-0.25, -0.2) is 13.2 Å². The number of carboxylic acids is 1. The van der Waals surface area contributed by atoms with Crippen molar-refractivity contribution >= 4 is 27.4 Å². The Bertz CT molecular complexity index is 551. The number of halogens is 1. The standard InChI is InChI=1S/C11H13ClO5S/c1-7(13)4-5-18(16,17)10-6-8(11(14)15)2-3-9(10)12/h2-3,6-7,13H,4-5H2,1H3,(H,14,15). The van der Waals surface area contributed by atoms with E-state index in [9.17, 15) is 13.2 Å². The smallest absolute Gasteiger partial charge is 0.335 e. The number of sulfone groups is 1. The third kappa shape index (κ3) is 3.69. The second-order valence-electron chi connectivity index (χ2n) is 3.91. The number of aliphatic hydroxyl groups is 1. The summed E-state index contributed by atoms with van der Waals surface area (Å²) in [7, 11) is -3.70. The van der Waals surface area contributed by atoms with Crippen molar-refractivity contribution in [2.75, 3.05) is 5.75 Å². The molecule has 0 aromatic heterocycles. The molecule has 0 aliphatic carbocycles. The Labute approximate surface area is 110 Å². The lowest BCUT2D eigenvalue weighted by atomic mass is 10.2. The van der Waals surface area contributed by atoms with Crippen LogP contribution in [-0.4, -0.2) is 36.5 Å². The lowest BCUT2D eigenvalue weighted by molar-refractivity contribution is 0.0696. The van der Waals surface area contributed by atoms with Gasteiger partial charge in [0.2, 0.25) is 0 Å². The summed E-state index contributed by atoms with van der Waals surface area (Å²) >= 11 is 5.77. The Morgan fingerprint density at radius 3 is 2.56 bits per heavy atom. The van der Waals surface area contributed by atoms with Crippen LogP contribution < -0.4 is 0 Å². The van der Waals surface area contributed by atoms with E-state index in [0.717, 1.165) is 6.07 Å². The number of aliphatic hydroxyl groups excluding tert-OH is 1. The molecule has 2 N–H and O–H groups in total. The Morgan fingerprint density at radius 1 is 1.44 bits per heavy atom. The van der Waals surface area contributed by atoms with Crippen LogP contribution in [-0.2, 0) is 9.84 Å². The molecule has 0 heterocycles. The molecular weight excluding hydrogens is 280 g/mol. The van der Waals surface area contributed by atoms with E-state index >= 15 is 0 Å². The fraction of sp³-hybridized carbons (Fsp3) is 0.364. The molecule has 1 aromatic carbocycles. The number of hydrogen-bond acceptors (Lipinski definition) is 4. The van der Waals surface area contributed by atoms with Gasteiger partial charge in [-0.3, -0.25) is 0 Å². The summed E-state index contributed by atoms with van der Waals surface area (Å²) in [6.07, 6.45) is -0.683. The first kappa shape index (κ1) is 14.9. The molecule has 0 aliphatic rings. The van der Waals surface area contributed by atoms with Gasteiger partial charge >= 0.3 is 5.97 Å². The van der Waals surface area contributed by atoms with Crippen LogP contribution in [0.5, 0.6) is 0 Å². The quantitative estimate of drug-likeness (QED) is 0.860. The molecule has 0 fully saturated rings. The second-order valence-corrected chi connectivity index (χ2v) is 6.39. The van der Waals surface area contributed by atoms with Gasteiger partial charge in [0.25, 0.3) is 0 Å². The molecule has 100 valence electrons. The summed E-state index contributed by atoms with van der Waals surface area (Å²) in [4.78, 5) is 10.6. The molecule has 0 spiro atoms. The minimum atomic E-state index is -3.70. The van der Waals surface area contributed by atoms with Crippen LogP contribution in [0.3, 0.4) is 0 Å². The fourth-order valence-electron chi connectivity index (χ4n) is 1.31. The second kappa shape index (κ2) is 5.69. The fourth-order valence-corrected chi connectivity index (χ4v) is 3.32. The molecule has 0 amide bonds. The van der Waals surface area contributed by atoms with Crippen LogP contribution >= 0.6 is 11.6 Å². The summed E-state index contributed by atoms with van der Waals surface area (Å²) in [5, 5.41) is 17.9. The SMILES string of the molecule is CC(O)CCS(=O)(=O)c1cc(C(=O)O)ccc1Cl. The molecule has 7 heteroatoms. The van der Waals surface area contributed by atoms with Crippen LogP contribution in [0.1, 0.15) is 23.7 Å². The van der Waals surface area contributed by atoms with E-state index in [1.165, 1.54) is 19.1 Å². The highest BCUT2D eigenvalue weighted by atomic mass is 35.5. The number of benzene rings is 1. The molecule has 0 saturated heterocycles. The van der Waals surface area contributed by atoms with Gasteiger partial charge in [0, 0.05) is 0 Å². The van der Waals surface area contributed by atoms with E-state index in [0.29, 0.717) is 0 Å². The van der Waals surface area contributed by atoms with Gasteiger partial charge in [0.05, 0.1) is 27.3 Å². The molecule has 0 saturated carbocycles. The predicted molar refractivity (Wildman–Crippen MR) is 66.8 cm³/mol. The van der Waals surface area contributed by atoms with Crippen LogP contribution in [0.25, 0.3) is 0 Å². The summed E-state index contributed by atoms with van der Waals surface area (Å²) in [6.45, 7) is 1.48. The summed E-state index contributed by atoms with van der Waals surface area (Å²) in [5.41, 5.74) is -0.143. The van der Waals surface area contributed by atoms with Gasteiger partial charge in [0.1, 0.15) is 0 Å². The molecule has 1 aromatic rings. The molecule has 0 aliphatic heterocycles. The Morgan fingerprint density at radius 2 is 2.06 bits per heavy atom. The van der Waals surface area contributed by atoms with Gasteiger partial charge in [-0.05, 0) is 31.5 Å². The van der Waals surface area contributed by atoms with Gasteiger partial charge in [-0.1, -0.05) is 11.6 Å². The minimum Gasteiger partial charge on any atom is -0.478 e. The number of carbonyl (C=O) groups is 1. The van der Waals surface area contributed by atoms with Crippen LogP contribution in [0, 0.1) is 0 Å². The summed E-state index contributed by atoms with van der Waals surface area (Å²) in [5.74, 6) is -1.51. The zero-order chi connectivity index (χ0) is 13.9. The average Bonchev–Trinajstić information content (AvgIpc) is 2.26. The maximum atomic E-state index is 11.9. The lowest BCUT2D eigenvalue weighted by Gasteiger charge is -2.08. The Balaban J connectivity index is 3.15. The zero-order valence-corrected chi connectivity index (χ0v) is 11.2. The molecular formula is C11H13ClO5S. The van der Waals surface area contributed by atoms with E-state index in [2.05, 4.69) is 0 Å². The largest absolute Gasteiger partial charge is 0.478 e. The molecule has 1 unspecified atom stereocenters. The maximum absolute atomic E-state index is 11.9. The Hall–Kier alpha value is -1.11. The normalized spacial score (nSPS) is 13.3. The molecule has 1 rings (SSSR count). The summed E-state index contributed by atoms with van der Waals surface area (Å²) < 4.78 is 23.9. The number of hydrogen-bond donors (Lipinski definition) is 2. The maximum Gasteiger partial charge on any atom is 0.335 e. The van der Waals surface area contributed by atoms with Crippen molar-refractivity contribution in [2.45, 2.75) is 24.3 Å². The topological polar surface area (TPSA) is 91.7 Å². The van der Waals surface area contributed by atoms with Crippen molar-refractivity contribution in [3.63, 3.8) is 0 Å². The molecule has 18 heavy (non-hydrogen) atoms. The molecule has 0 bridgehead atoms. The van der Waals surface area contributed by atoms with E-state index in [1.54, 1.807) is 0 Å². The third-order valence-corrected chi connectivity index (χ3v) is 4.54. The zero-order valence-electron chi connectivity index (χ0n) is 9.63. The van der Waals surface area contributed by atoms with Crippen LogP contribution in [0.4, 0.5) is 0 Å². The third-order valence-electron chi connectivity index (χ3n) is 2.32. The van der Waals surface area contributed by atoms with E-state index in [4.69, 9.17) is 21.8 Å². The van der Waals surface area contributed by atoms with Crippen LogP contribution in [0.15, 0.2) is 23.1 Å². The van der Waals surface area contributed by atoms with Crippen molar-refractivity contribution < 1.29 is 23.4 Å². The van der Waals surface area contributed by atoms with E-state index < -0.39 is 21.9 Å².